The SMILES string of the molecule is CC(=O)O.CCCNC(=O)CCC(=O)O.O=C(O)c1ccccc1. The van der Waals surface area contributed by atoms with Gasteiger partial charge in [-0.25, -0.2) is 4.79 Å². The molecule has 0 radical (unpaired) electrons. The average Bonchev–Trinajstić information content (AvgIpc) is 2.51. The molecule has 1 rings (SSSR count). The topological polar surface area (TPSA) is 141 Å². The van der Waals surface area contributed by atoms with Crippen LogP contribution in [0.2, 0.25) is 0 Å². The maximum atomic E-state index is 10.7. The van der Waals surface area contributed by atoms with E-state index in [1.807, 2.05) is 6.92 Å². The molecule has 0 atom stereocenters. The molecule has 1 aromatic rings. The zero-order chi connectivity index (χ0) is 19.0. The van der Waals surface area contributed by atoms with Gasteiger partial charge in [0.25, 0.3) is 5.97 Å². The minimum atomic E-state index is -0.934. The first-order valence-corrected chi connectivity index (χ1v) is 7.17. The Hall–Kier alpha value is -2.90. The molecule has 134 valence electrons. The summed E-state index contributed by atoms with van der Waals surface area (Å²) in [5, 5.41) is 26.6. The zero-order valence-corrected chi connectivity index (χ0v) is 13.7. The quantitative estimate of drug-likeness (QED) is 0.618. The average molecular weight is 341 g/mol. The van der Waals surface area contributed by atoms with Crippen molar-refractivity contribution in [3.8, 4) is 0 Å². The lowest BCUT2D eigenvalue weighted by Crippen LogP contribution is -2.24. The number of benzene rings is 1. The molecule has 8 nitrogen and oxygen atoms in total. The van der Waals surface area contributed by atoms with E-state index in [2.05, 4.69) is 5.32 Å². The minimum absolute atomic E-state index is 0.0787. The standard InChI is InChI=1S/C7H13NO3.C7H6O2.C2H4O2/c1-2-5-8-6(9)3-4-7(10)11;8-7(9)6-4-2-1-3-5-6;1-2(3)4/h2-5H2,1H3,(H,8,9)(H,10,11);1-5H,(H,8,9);1H3,(H,3,4). The number of nitrogens with one attached hydrogen (secondary N) is 1. The molecule has 4 N–H and O–H groups in total. The summed E-state index contributed by atoms with van der Waals surface area (Å²) in [6.07, 6.45) is 0.865. The molecule has 0 aliphatic carbocycles. The normalized spacial score (nSPS) is 8.58. The van der Waals surface area contributed by atoms with Gasteiger partial charge in [-0.2, -0.15) is 0 Å². The highest BCUT2D eigenvalue weighted by Gasteiger charge is 2.02. The van der Waals surface area contributed by atoms with Crippen LogP contribution in [0.15, 0.2) is 30.3 Å². The molecule has 0 bridgehead atoms. The fourth-order valence-corrected chi connectivity index (χ4v) is 1.15. The van der Waals surface area contributed by atoms with Crippen LogP contribution in [0.4, 0.5) is 0 Å². The van der Waals surface area contributed by atoms with Gasteiger partial charge in [-0.3, -0.25) is 14.4 Å². The van der Waals surface area contributed by atoms with Gasteiger partial charge >= 0.3 is 11.9 Å². The van der Waals surface area contributed by atoms with Crippen LogP contribution in [-0.4, -0.2) is 45.7 Å². The fourth-order valence-electron chi connectivity index (χ4n) is 1.15. The molecule has 0 saturated carbocycles. The van der Waals surface area contributed by atoms with E-state index in [1.165, 1.54) is 0 Å². The van der Waals surface area contributed by atoms with E-state index in [0.717, 1.165) is 13.3 Å². The number of hydrogen-bond donors (Lipinski definition) is 4. The van der Waals surface area contributed by atoms with E-state index in [9.17, 15) is 14.4 Å². The third kappa shape index (κ3) is 19.1. The number of aliphatic carboxylic acids is 2. The van der Waals surface area contributed by atoms with Crippen LogP contribution in [0.1, 0.15) is 43.5 Å². The summed E-state index contributed by atoms with van der Waals surface area (Å²) < 4.78 is 0. The van der Waals surface area contributed by atoms with Crippen molar-refractivity contribution in [2.45, 2.75) is 33.1 Å². The van der Waals surface area contributed by atoms with Crippen LogP contribution < -0.4 is 5.32 Å². The summed E-state index contributed by atoms with van der Waals surface area (Å²) in [5.41, 5.74) is 0.331. The number of carbonyl (C=O) groups is 4. The smallest absolute Gasteiger partial charge is 0.335 e. The summed E-state index contributed by atoms with van der Waals surface area (Å²) >= 11 is 0. The van der Waals surface area contributed by atoms with Gasteiger partial charge in [-0.1, -0.05) is 25.1 Å². The van der Waals surface area contributed by atoms with Gasteiger partial charge in [0.05, 0.1) is 12.0 Å². The van der Waals surface area contributed by atoms with Crippen molar-refractivity contribution in [3.05, 3.63) is 35.9 Å². The van der Waals surface area contributed by atoms with E-state index in [-0.39, 0.29) is 18.7 Å². The highest BCUT2D eigenvalue weighted by Crippen LogP contribution is 1.96. The van der Waals surface area contributed by atoms with Crippen molar-refractivity contribution in [1.29, 1.82) is 0 Å². The fraction of sp³-hybridized carbons (Fsp3) is 0.375. The van der Waals surface area contributed by atoms with E-state index in [4.69, 9.17) is 20.1 Å². The van der Waals surface area contributed by atoms with Crippen molar-refractivity contribution in [2.75, 3.05) is 6.54 Å². The molecule has 0 heterocycles. The summed E-state index contributed by atoms with van der Waals surface area (Å²) in [5.74, 6) is -2.83. The van der Waals surface area contributed by atoms with Crippen molar-refractivity contribution in [1.82, 2.24) is 5.32 Å². The van der Waals surface area contributed by atoms with Gasteiger partial charge in [0.2, 0.25) is 5.91 Å². The largest absolute Gasteiger partial charge is 0.481 e. The Kier molecular flexibility index (Phi) is 14.6. The molecule has 0 saturated heterocycles. The molecule has 0 aliphatic rings. The predicted octanol–water partition coefficient (Wildman–Crippen LogP) is 1.85. The van der Waals surface area contributed by atoms with Crippen LogP contribution in [0, 0.1) is 0 Å². The van der Waals surface area contributed by atoms with E-state index in [1.54, 1.807) is 30.3 Å². The number of carboxylic acids is 3. The Balaban J connectivity index is 0. The summed E-state index contributed by atoms with van der Waals surface area (Å²) in [6, 6.07) is 8.30. The third-order valence-electron chi connectivity index (χ3n) is 2.16. The minimum Gasteiger partial charge on any atom is -0.481 e. The zero-order valence-electron chi connectivity index (χ0n) is 13.7. The number of aromatic carboxylic acids is 1. The number of rotatable bonds is 6. The number of carboxylic acid groups (broad SMARTS) is 3. The van der Waals surface area contributed by atoms with E-state index in [0.29, 0.717) is 12.1 Å². The second kappa shape index (κ2) is 15.0. The number of amides is 1. The second-order valence-corrected chi connectivity index (χ2v) is 4.43. The molecule has 0 aromatic heterocycles. The third-order valence-corrected chi connectivity index (χ3v) is 2.16. The molecule has 0 spiro atoms. The molecule has 1 aromatic carbocycles. The molecule has 0 fully saturated rings. The van der Waals surface area contributed by atoms with Crippen LogP contribution >= 0.6 is 0 Å². The number of carbonyl (C=O) groups excluding carboxylic acids is 1. The van der Waals surface area contributed by atoms with Crippen molar-refractivity contribution in [2.24, 2.45) is 0 Å². The molecular formula is C16H23NO7. The molecule has 0 aliphatic heterocycles. The van der Waals surface area contributed by atoms with Crippen molar-refractivity contribution >= 4 is 23.8 Å². The first-order valence-electron chi connectivity index (χ1n) is 7.17. The molecule has 1 amide bonds. The van der Waals surface area contributed by atoms with E-state index < -0.39 is 17.9 Å². The van der Waals surface area contributed by atoms with Gasteiger partial charge in [-0.05, 0) is 18.6 Å². The Bertz CT molecular complexity index is 510. The molecular weight excluding hydrogens is 318 g/mol. The predicted molar refractivity (Wildman–Crippen MR) is 86.9 cm³/mol. The van der Waals surface area contributed by atoms with Gasteiger partial charge in [-0.15, -0.1) is 0 Å². The number of hydrogen-bond acceptors (Lipinski definition) is 4. The Labute approximate surface area is 140 Å². The van der Waals surface area contributed by atoms with Crippen LogP contribution in [-0.2, 0) is 14.4 Å². The first kappa shape index (κ1) is 23.4. The lowest BCUT2D eigenvalue weighted by Gasteiger charge is -1.99. The highest BCUT2D eigenvalue weighted by atomic mass is 16.4. The Morgan fingerprint density at radius 3 is 1.79 bits per heavy atom. The summed E-state index contributed by atoms with van der Waals surface area (Å²) in [4.78, 5) is 39.9. The van der Waals surface area contributed by atoms with Crippen LogP contribution in [0.3, 0.4) is 0 Å². The maximum Gasteiger partial charge on any atom is 0.335 e. The van der Waals surface area contributed by atoms with Crippen LogP contribution in [0.5, 0.6) is 0 Å². The Morgan fingerprint density at radius 2 is 1.46 bits per heavy atom. The molecule has 24 heavy (non-hydrogen) atoms. The van der Waals surface area contributed by atoms with Gasteiger partial charge in [0.15, 0.2) is 0 Å². The monoisotopic (exact) mass is 341 g/mol. The van der Waals surface area contributed by atoms with Gasteiger partial charge in [0.1, 0.15) is 0 Å². The molecule has 8 heteroatoms. The maximum absolute atomic E-state index is 10.7. The summed E-state index contributed by atoms with van der Waals surface area (Å²) in [7, 11) is 0. The Morgan fingerprint density at radius 1 is 0.958 bits per heavy atom. The van der Waals surface area contributed by atoms with E-state index >= 15 is 0 Å². The van der Waals surface area contributed by atoms with Crippen LogP contribution in [0.25, 0.3) is 0 Å². The molecule has 0 unspecified atom stereocenters. The summed E-state index contributed by atoms with van der Waals surface area (Å²) in [6.45, 7) is 3.65. The first-order chi connectivity index (χ1) is 11.2. The van der Waals surface area contributed by atoms with Crippen molar-refractivity contribution in [3.63, 3.8) is 0 Å². The highest BCUT2D eigenvalue weighted by molar-refractivity contribution is 5.87. The second-order valence-electron chi connectivity index (χ2n) is 4.43. The van der Waals surface area contributed by atoms with Gasteiger partial charge in [0, 0.05) is 19.9 Å². The van der Waals surface area contributed by atoms with Crippen molar-refractivity contribution < 1.29 is 34.5 Å². The van der Waals surface area contributed by atoms with Gasteiger partial charge < -0.3 is 20.6 Å². The lowest BCUT2D eigenvalue weighted by atomic mass is 10.2. The lowest BCUT2D eigenvalue weighted by molar-refractivity contribution is -0.138.